The van der Waals surface area contributed by atoms with E-state index in [1.165, 1.54) is 4.80 Å². The van der Waals surface area contributed by atoms with Crippen LogP contribution in [0.2, 0.25) is 0 Å². The molecule has 0 spiro atoms. The van der Waals surface area contributed by atoms with Gasteiger partial charge in [-0.1, -0.05) is 72.8 Å². The number of hydrogen-bond donors (Lipinski definition) is 0. The summed E-state index contributed by atoms with van der Waals surface area (Å²) in [6, 6.07) is 25.8. The van der Waals surface area contributed by atoms with Crippen molar-refractivity contribution >= 4 is 16.7 Å². The minimum atomic E-state index is -0.0515. The molecule has 0 aliphatic rings. The number of ketones is 1. The normalized spacial score (nSPS) is 11.2. The quantitative estimate of drug-likeness (QED) is 0.397. The summed E-state index contributed by atoms with van der Waals surface area (Å²) in [6.07, 6.45) is 0. The molecular formula is C25H21N5O. The predicted molar refractivity (Wildman–Crippen MR) is 121 cm³/mol. The summed E-state index contributed by atoms with van der Waals surface area (Å²) in [4.78, 5) is 14.9. The van der Waals surface area contributed by atoms with Crippen molar-refractivity contribution < 1.29 is 4.79 Å². The molecule has 31 heavy (non-hydrogen) atoms. The smallest absolute Gasteiger partial charge is 0.205 e. The topological polar surface area (TPSA) is 65.6 Å². The Kier molecular flexibility index (Phi) is 4.67. The van der Waals surface area contributed by atoms with E-state index in [4.69, 9.17) is 0 Å². The van der Waals surface area contributed by atoms with Crippen molar-refractivity contribution in [1.82, 2.24) is 24.8 Å². The minimum Gasteiger partial charge on any atom is -0.343 e. The molecule has 0 bridgehead atoms. The predicted octanol–water partition coefficient (Wildman–Crippen LogP) is 4.69. The first kappa shape index (κ1) is 18.9. The van der Waals surface area contributed by atoms with E-state index in [2.05, 4.69) is 20.0 Å². The molecule has 0 saturated heterocycles. The number of nitrogens with zero attached hydrogens (tertiary/aromatic N) is 5. The molecule has 0 unspecified atom stereocenters. The van der Waals surface area contributed by atoms with Crippen LogP contribution in [0.5, 0.6) is 0 Å². The molecule has 0 N–H and O–H groups in total. The summed E-state index contributed by atoms with van der Waals surface area (Å²) in [5.41, 5.74) is 5.56. The van der Waals surface area contributed by atoms with Crippen molar-refractivity contribution in [3.8, 4) is 22.6 Å². The molecule has 5 aromatic rings. The van der Waals surface area contributed by atoms with Crippen LogP contribution in [0.4, 0.5) is 0 Å². The molecule has 6 nitrogen and oxygen atoms in total. The van der Waals surface area contributed by atoms with Crippen LogP contribution in [0.25, 0.3) is 33.5 Å². The summed E-state index contributed by atoms with van der Waals surface area (Å²) in [5.74, 6) is 0.469. The zero-order valence-corrected chi connectivity index (χ0v) is 17.4. The molecule has 0 fully saturated rings. The van der Waals surface area contributed by atoms with Crippen molar-refractivity contribution in [2.75, 3.05) is 0 Å². The van der Waals surface area contributed by atoms with Crippen molar-refractivity contribution in [2.24, 2.45) is 7.05 Å². The van der Waals surface area contributed by atoms with Crippen molar-refractivity contribution in [3.05, 3.63) is 90.0 Å². The van der Waals surface area contributed by atoms with Crippen LogP contribution in [0.15, 0.2) is 78.9 Å². The van der Waals surface area contributed by atoms with Gasteiger partial charge in [-0.2, -0.15) is 4.80 Å². The van der Waals surface area contributed by atoms with Gasteiger partial charge in [0.15, 0.2) is 5.78 Å². The highest BCUT2D eigenvalue weighted by atomic mass is 16.1. The van der Waals surface area contributed by atoms with Crippen LogP contribution < -0.4 is 0 Å². The van der Waals surface area contributed by atoms with Gasteiger partial charge in [0.05, 0.1) is 11.3 Å². The van der Waals surface area contributed by atoms with Crippen LogP contribution in [-0.2, 0) is 13.6 Å². The number of aromatic nitrogens is 5. The first-order valence-corrected chi connectivity index (χ1v) is 10.1. The Morgan fingerprint density at radius 2 is 1.61 bits per heavy atom. The Hall–Kier alpha value is -4.06. The Morgan fingerprint density at radius 1 is 0.903 bits per heavy atom. The lowest BCUT2D eigenvalue weighted by atomic mass is 10.0. The highest BCUT2D eigenvalue weighted by Gasteiger charge is 2.23. The maximum Gasteiger partial charge on any atom is 0.205 e. The van der Waals surface area contributed by atoms with Gasteiger partial charge in [-0.3, -0.25) is 4.79 Å². The van der Waals surface area contributed by atoms with Gasteiger partial charge in [-0.05, 0) is 29.3 Å². The van der Waals surface area contributed by atoms with Crippen molar-refractivity contribution in [1.29, 1.82) is 0 Å². The lowest BCUT2D eigenvalue weighted by Gasteiger charge is -2.08. The number of benzene rings is 3. The van der Waals surface area contributed by atoms with E-state index in [9.17, 15) is 4.79 Å². The van der Waals surface area contributed by atoms with Crippen molar-refractivity contribution in [2.45, 2.75) is 13.5 Å². The summed E-state index contributed by atoms with van der Waals surface area (Å²) in [7, 11) is 1.99. The molecule has 2 aromatic heterocycles. The minimum absolute atomic E-state index is 0.0206. The van der Waals surface area contributed by atoms with Gasteiger partial charge in [0, 0.05) is 23.5 Å². The van der Waals surface area contributed by atoms with Gasteiger partial charge < -0.3 is 4.57 Å². The molecular weight excluding hydrogens is 386 g/mol. The number of aryl methyl sites for hydroxylation is 2. The zero-order valence-electron chi connectivity index (χ0n) is 17.4. The lowest BCUT2D eigenvalue weighted by molar-refractivity contribution is 0.0963. The second-order valence-electron chi connectivity index (χ2n) is 7.55. The fraction of sp³-hybridized carbons (Fsp3) is 0.120. The van der Waals surface area contributed by atoms with Gasteiger partial charge in [0.25, 0.3) is 0 Å². The van der Waals surface area contributed by atoms with Gasteiger partial charge >= 0.3 is 0 Å². The number of Topliss-reactive ketones (excluding diaryl/α,β-unsaturated/α-hetero) is 1. The molecule has 3 aromatic carbocycles. The monoisotopic (exact) mass is 407 g/mol. The van der Waals surface area contributed by atoms with Gasteiger partial charge in [0.2, 0.25) is 5.82 Å². The van der Waals surface area contributed by atoms with E-state index in [0.29, 0.717) is 11.4 Å². The van der Waals surface area contributed by atoms with Crippen molar-refractivity contribution in [3.63, 3.8) is 0 Å². The van der Waals surface area contributed by atoms with E-state index >= 15 is 0 Å². The number of tetrazole rings is 1. The number of fused-ring (bicyclic) bond motifs is 1. The van der Waals surface area contributed by atoms with Gasteiger partial charge in [-0.25, -0.2) is 0 Å². The first-order valence-electron chi connectivity index (χ1n) is 10.1. The standard InChI is InChI=1S/C25H21N5O/c1-17-10-6-7-13-19(17)25-26-28-30(27-25)16-22(31)23-20-14-8-9-15-21(20)29(2)24(23)18-11-4-3-5-12-18/h3-15H,16H2,1-2H3. The maximum atomic E-state index is 13.5. The molecule has 6 heteroatoms. The van der Waals surface area contributed by atoms with Gasteiger partial charge in [-0.15, -0.1) is 10.2 Å². The first-order chi connectivity index (χ1) is 15.1. The molecule has 0 radical (unpaired) electrons. The molecule has 5 rings (SSSR count). The Balaban J connectivity index is 1.56. The van der Waals surface area contributed by atoms with Gasteiger partial charge in [0.1, 0.15) is 6.54 Å². The maximum absolute atomic E-state index is 13.5. The third-order valence-corrected chi connectivity index (χ3v) is 5.56. The highest BCUT2D eigenvalue weighted by Crippen LogP contribution is 2.33. The second-order valence-corrected chi connectivity index (χ2v) is 7.55. The van der Waals surface area contributed by atoms with Crippen LogP contribution in [0.1, 0.15) is 15.9 Å². The van der Waals surface area contributed by atoms with E-state index in [-0.39, 0.29) is 12.3 Å². The largest absolute Gasteiger partial charge is 0.343 e. The second kappa shape index (κ2) is 7.65. The fourth-order valence-electron chi connectivity index (χ4n) is 4.06. The number of carbonyl (C=O) groups is 1. The number of para-hydroxylation sites is 1. The lowest BCUT2D eigenvalue weighted by Crippen LogP contribution is -2.14. The Morgan fingerprint density at radius 3 is 2.42 bits per heavy atom. The summed E-state index contributed by atoms with van der Waals surface area (Å²) in [5, 5.41) is 13.7. The van der Waals surface area contributed by atoms with Crippen LogP contribution in [0, 0.1) is 6.92 Å². The van der Waals surface area contributed by atoms with E-state index < -0.39 is 0 Å². The molecule has 0 aliphatic heterocycles. The number of rotatable bonds is 5. The van der Waals surface area contributed by atoms with Crippen LogP contribution >= 0.6 is 0 Å². The van der Waals surface area contributed by atoms with Crippen LogP contribution in [0.3, 0.4) is 0 Å². The third kappa shape index (κ3) is 3.32. The zero-order chi connectivity index (χ0) is 21.4. The number of carbonyl (C=O) groups excluding carboxylic acids is 1. The third-order valence-electron chi connectivity index (χ3n) is 5.56. The summed E-state index contributed by atoms with van der Waals surface area (Å²) < 4.78 is 2.07. The molecule has 152 valence electrons. The molecule has 0 amide bonds. The molecule has 0 saturated carbocycles. The van der Waals surface area contributed by atoms with E-state index in [1.807, 2.05) is 92.8 Å². The summed E-state index contributed by atoms with van der Waals surface area (Å²) >= 11 is 0. The molecule has 2 heterocycles. The number of hydrogen-bond acceptors (Lipinski definition) is 4. The molecule has 0 atom stereocenters. The van der Waals surface area contributed by atoms with E-state index in [1.54, 1.807) is 0 Å². The molecule has 0 aliphatic carbocycles. The average Bonchev–Trinajstić information content (AvgIpc) is 3.37. The SMILES string of the molecule is Cc1ccccc1-c1nnn(CC(=O)c2c(-c3ccccc3)n(C)c3ccccc23)n1. The Bertz CT molecular complexity index is 1400. The van der Waals surface area contributed by atoms with Crippen LogP contribution in [-0.4, -0.2) is 30.6 Å². The highest BCUT2D eigenvalue weighted by molar-refractivity contribution is 6.13. The average molecular weight is 407 g/mol. The Labute approximate surface area is 179 Å². The fourth-order valence-corrected chi connectivity index (χ4v) is 4.06. The summed E-state index contributed by atoms with van der Waals surface area (Å²) in [6.45, 7) is 2.02. The van der Waals surface area contributed by atoms with E-state index in [0.717, 1.165) is 33.3 Å².